The van der Waals surface area contributed by atoms with Gasteiger partial charge in [0.15, 0.2) is 5.82 Å². The highest BCUT2D eigenvalue weighted by atomic mass is 16.5. The van der Waals surface area contributed by atoms with Gasteiger partial charge in [0, 0.05) is 12.6 Å². The summed E-state index contributed by atoms with van der Waals surface area (Å²) < 4.78 is 0.633. The van der Waals surface area contributed by atoms with Crippen molar-refractivity contribution in [3.05, 3.63) is 17.5 Å². The second-order valence-corrected chi connectivity index (χ2v) is 5.24. The second kappa shape index (κ2) is 10.3. The lowest BCUT2D eigenvalue weighted by Gasteiger charge is -2.12. The fourth-order valence-electron chi connectivity index (χ4n) is 2.21. The summed E-state index contributed by atoms with van der Waals surface area (Å²) >= 11 is 0. The minimum atomic E-state index is -0.0120. The minimum Gasteiger partial charge on any atom is -0.754 e. The number of anilines is 2. The molecule has 5 nitrogen and oxygen atoms in total. The predicted molar refractivity (Wildman–Crippen MR) is 83.3 cm³/mol. The van der Waals surface area contributed by atoms with Crippen molar-refractivity contribution in [1.29, 1.82) is 0 Å². The van der Waals surface area contributed by atoms with Crippen LogP contribution < -0.4 is 15.8 Å². The smallest absolute Gasteiger partial charge is 0.343 e. The zero-order chi connectivity index (χ0) is 14.6. The number of unbranched alkanes of at least 4 members (excludes halogenated alkanes) is 8. The number of nitrogens with zero attached hydrogens (tertiary/aromatic N) is 2. The number of rotatable bonds is 11. The van der Waals surface area contributed by atoms with Crippen LogP contribution in [0.4, 0.5) is 11.8 Å². The molecule has 1 heterocycles. The van der Waals surface area contributed by atoms with E-state index in [1.54, 1.807) is 12.3 Å². The molecule has 0 radical (unpaired) electrons. The first-order valence-electron chi connectivity index (χ1n) is 7.83. The summed E-state index contributed by atoms with van der Waals surface area (Å²) in [5.41, 5.74) is 5.44. The number of hydrogen-bond donors (Lipinski definition) is 2. The molecule has 114 valence electrons. The van der Waals surface area contributed by atoms with E-state index in [4.69, 9.17) is 5.73 Å². The van der Waals surface area contributed by atoms with Gasteiger partial charge in [-0.25, -0.2) is 4.73 Å². The Morgan fingerprint density at radius 1 is 1.10 bits per heavy atom. The normalized spacial score (nSPS) is 10.7. The maximum absolute atomic E-state index is 11.5. The molecule has 0 aliphatic carbocycles. The first-order chi connectivity index (χ1) is 9.75. The SMILES string of the molecule is CCCCCCCCCCCNc1ccnc(N)[n+]1[O-]. The zero-order valence-electron chi connectivity index (χ0n) is 12.6. The van der Waals surface area contributed by atoms with Gasteiger partial charge in [-0.2, -0.15) is 0 Å². The summed E-state index contributed by atoms with van der Waals surface area (Å²) in [5, 5.41) is 14.6. The van der Waals surface area contributed by atoms with Crippen LogP contribution in [0.5, 0.6) is 0 Å². The highest BCUT2D eigenvalue weighted by molar-refractivity contribution is 5.29. The topological polar surface area (TPSA) is 77.9 Å². The van der Waals surface area contributed by atoms with Gasteiger partial charge in [-0.1, -0.05) is 58.3 Å². The number of nitrogens with two attached hydrogens (primary N) is 1. The number of nitrogen functional groups attached to an aromatic ring is 1. The molecule has 0 aromatic carbocycles. The van der Waals surface area contributed by atoms with Gasteiger partial charge in [0.05, 0.1) is 6.20 Å². The van der Waals surface area contributed by atoms with Crippen molar-refractivity contribution >= 4 is 11.8 Å². The Balaban J connectivity index is 1.98. The third kappa shape index (κ3) is 6.59. The molecule has 3 N–H and O–H groups in total. The Morgan fingerprint density at radius 2 is 1.70 bits per heavy atom. The Hall–Kier alpha value is -1.52. The van der Waals surface area contributed by atoms with E-state index in [2.05, 4.69) is 17.2 Å². The van der Waals surface area contributed by atoms with Crippen LogP contribution in [-0.4, -0.2) is 11.5 Å². The van der Waals surface area contributed by atoms with Crippen molar-refractivity contribution in [2.45, 2.75) is 64.7 Å². The quantitative estimate of drug-likeness (QED) is 0.370. The predicted octanol–water partition coefficient (Wildman–Crippen LogP) is 3.24. The van der Waals surface area contributed by atoms with Gasteiger partial charge in [0.25, 0.3) is 0 Å². The van der Waals surface area contributed by atoms with Crippen molar-refractivity contribution < 1.29 is 4.73 Å². The molecule has 0 atom stereocenters. The van der Waals surface area contributed by atoms with E-state index >= 15 is 0 Å². The molecule has 0 amide bonds. The van der Waals surface area contributed by atoms with Gasteiger partial charge >= 0.3 is 5.95 Å². The molecular weight excluding hydrogens is 252 g/mol. The van der Waals surface area contributed by atoms with E-state index in [0.29, 0.717) is 10.5 Å². The van der Waals surface area contributed by atoms with Gasteiger partial charge in [0.1, 0.15) is 0 Å². The maximum atomic E-state index is 11.5. The molecule has 1 aromatic heterocycles. The lowest BCUT2D eigenvalue weighted by molar-refractivity contribution is -0.577. The summed E-state index contributed by atoms with van der Waals surface area (Å²) in [4.78, 5) is 3.73. The fourth-order valence-corrected chi connectivity index (χ4v) is 2.21. The molecule has 0 saturated heterocycles. The highest BCUT2D eigenvalue weighted by Gasteiger charge is 2.03. The minimum absolute atomic E-state index is 0.0120. The summed E-state index contributed by atoms with van der Waals surface area (Å²) in [6, 6.07) is 1.65. The molecule has 1 aromatic rings. The molecule has 0 fully saturated rings. The van der Waals surface area contributed by atoms with Crippen molar-refractivity contribution in [2.75, 3.05) is 17.6 Å². The Morgan fingerprint density at radius 3 is 2.35 bits per heavy atom. The maximum Gasteiger partial charge on any atom is 0.343 e. The van der Waals surface area contributed by atoms with E-state index in [9.17, 15) is 5.21 Å². The van der Waals surface area contributed by atoms with Crippen LogP contribution in [0.1, 0.15) is 64.7 Å². The van der Waals surface area contributed by atoms with Crippen molar-refractivity contribution in [3.8, 4) is 0 Å². The number of hydrogen-bond acceptors (Lipinski definition) is 4. The van der Waals surface area contributed by atoms with E-state index in [1.165, 1.54) is 51.4 Å². The Bertz CT molecular complexity index is 371. The largest absolute Gasteiger partial charge is 0.754 e. The van der Waals surface area contributed by atoms with Crippen LogP contribution in [0, 0.1) is 5.21 Å². The summed E-state index contributed by atoms with van der Waals surface area (Å²) in [7, 11) is 0. The van der Waals surface area contributed by atoms with Crippen LogP contribution in [0.2, 0.25) is 0 Å². The molecule has 0 saturated carbocycles. The molecule has 1 rings (SSSR count). The first kappa shape index (κ1) is 16.5. The molecular formula is C15H28N4O. The third-order valence-electron chi connectivity index (χ3n) is 3.45. The van der Waals surface area contributed by atoms with Crippen LogP contribution in [0.3, 0.4) is 0 Å². The summed E-state index contributed by atoms with van der Waals surface area (Å²) in [6.45, 7) is 3.05. The lowest BCUT2D eigenvalue weighted by Crippen LogP contribution is -2.35. The average molecular weight is 280 g/mol. The van der Waals surface area contributed by atoms with E-state index in [1.807, 2.05) is 0 Å². The van der Waals surface area contributed by atoms with Gasteiger partial charge in [-0.05, 0) is 6.42 Å². The highest BCUT2D eigenvalue weighted by Crippen LogP contribution is 2.09. The van der Waals surface area contributed by atoms with Crippen molar-refractivity contribution in [3.63, 3.8) is 0 Å². The van der Waals surface area contributed by atoms with Gasteiger partial charge in [-0.15, -0.1) is 4.98 Å². The van der Waals surface area contributed by atoms with E-state index < -0.39 is 0 Å². The lowest BCUT2D eigenvalue weighted by atomic mass is 10.1. The first-order valence-corrected chi connectivity index (χ1v) is 7.83. The van der Waals surface area contributed by atoms with Crippen LogP contribution in [0.25, 0.3) is 0 Å². The van der Waals surface area contributed by atoms with Gasteiger partial charge in [0.2, 0.25) is 0 Å². The zero-order valence-corrected chi connectivity index (χ0v) is 12.6. The van der Waals surface area contributed by atoms with E-state index in [-0.39, 0.29) is 5.95 Å². The van der Waals surface area contributed by atoms with Crippen molar-refractivity contribution in [1.82, 2.24) is 4.98 Å². The van der Waals surface area contributed by atoms with Crippen LogP contribution >= 0.6 is 0 Å². The molecule has 0 aliphatic rings. The fraction of sp³-hybridized carbons (Fsp3) is 0.733. The molecule has 0 bridgehead atoms. The Kier molecular flexibility index (Phi) is 8.51. The van der Waals surface area contributed by atoms with Gasteiger partial charge < -0.3 is 16.3 Å². The van der Waals surface area contributed by atoms with Crippen LogP contribution in [-0.2, 0) is 0 Å². The van der Waals surface area contributed by atoms with E-state index in [0.717, 1.165) is 13.0 Å². The monoisotopic (exact) mass is 280 g/mol. The summed E-state index contributed by atoms with van der Waals surface area (Å²) in [5.74, 6) is 0.471. The summed E-state index contributed by atoms with van der Waals surface area (Å²) in [6.07, 6.45) is 13.2. The second-order valence-electron chi connectivity index (χ2n) is 5.24. The van der Waals surface area contributed by atoms with Gasteiger partial charge in [-0.3, -0.25) is 0 Å². The number of nitrogens with one attached hydrogen (secondary N) is 1. The molecule has 0 unspecified atom stereocenters. The molecule has 20 heavy (non-hydrogen) atoms. The Labute approximate surface area is 122 Å². The standard InChI is InChI=1S/C15H28N4O/c1-2-3-4-5-6-7-8-9-10-12-17-14-11-13-18-15(16)19(14)20/h11,13,17H,2-10,12H2,1H3,(H2,16,18). The molecule has 0 spiro atoms. The average Bonchev–Trinajstić information content (AvgIpc) is 2.45. The van der Waals surface area contributed by atoms with Crippen LogP contribution in [0.15, 0.2) is 12.3 Å². The van der Waals surface area contributed by atoms with Crippen molar-refractivity contribution in [2.24, 2.45) is 0 Å². The third-order valence-corrected chi connectivity index (χ3v) is 3.45. The number of aromatic nitrogens is 2. The molecule has 0 aliphatic heterocycles. The molecule has 5 heteroatoms.